The van der Waals surface area contributed by atoms with Gasteiger partial charge in [-0.2, -0.15) is 17.2 Å². The number of rotatable bonds is 7. The highest BCUT2D eigenvalue weighted by Crippen LogP contribution is 2.59. The molecule has 9 nitrogen and oxygen atoms in total. The fourth-order valence-corrected chi connectivity index (χ4v) is 8.22. The molecule has 3 aromatic rings. The molecule has 3 aliphatic rings. The number of nitrogens with one attached hydrogen (secondary N) is 1. The van der Waals surface area contributed by atoms with Gasteiger partial charge in [0.05, 0.1) is 23.1 Å². The summed E-state index contributed by atoms with van der Waals surface area (Å²) in [6.45, 7) is 3.42. The summed E-state index contributed by atoms with van der Waals surface area (Å²) < 4.78 is 68.6. The van der Waals surface area contributed by atoms with E-state index in [2.05, 4.69) is 10.1 Å². The van der Waals surface area contributed by atoms with Crippen LogP contribution in [-0.4, -0.2) is 48.3 Å². The van der Waals surface area contributed by atoms with E-state index in [4.69, 9.17) is 9.29 Å². The van der Waals surface area contributed by atoms with Crippen molar-refractivity contribution in [2.45, 2.75) is 43.5 Å². The molecule has 0 spiro atoms. The third kappa shape index (κ3) is 6.47. The first-order valence-electron chi connectivity index (χ1n) is 13.6. The summed E-state index contributed by atoms with van der Waals surface area (Å²) in [4.78, 5) is 40.7. The Morgan fingerprint density at radius 3 is 1.73 bits per heavy atom. The molecule has 0 radical (unpaired) electrons. The number of anilines is 1. The van der Waals surface area contributed by atoms with Gasteiger partial charge < -0.3 is 14.8 Å². The van der Waals surface area contributed by atoms with E-state index in [1.807, 2.05) is 93.7 Å². The van der Waals surface area contributed by atoms with Crippen LogP contribution in [0.1, 0.15) is 65.2 Å². The summed E-state index contributed by atoms with van der Waals surface area (Å²) in [6, 6.07) is 18.1. The lowest BCUT2D eigenvalue weighted by molar-refractivity contribution is -0.165. The molecule has 0 saturated carbocycles. The molecule has 2 unspecified atom stereocenters. The third-order valence-electron chi connectivity index (χ3n) is 7.69. The molecule has 238 valence electrons. The van der Waals surface area contributed by atoms with Crippen molar-refractivity contribution in [1.82, 2.24) is 0 Å². The molecule has 0 aromatic heterocycles. The Labute approximate surface area is 285 Å². The van der Waals surface area contributed by atoms with Crippen molar-refractivity contribution in [2.24, 2.45) is 11.8 Å². The summed E-state index contributed by atoms with van der Waals surface area (Å²) in [5.41, 5.74) is 3.18. The molecule has 2 bridgehead atoms. The second-order valence-electron chi connectivity index (χ2n) is 11.8. The van der Waals surface area contributed by atoms with E-state index >= 15 is 0 Å². The van der Waals surface area contributed by atoms with Crippen molar-refractivity contribution in [1.29, 1.82) is 0 Å². The zero-order valence-electron chi connectivity index (χ0n) is 24.0. The summed E-state index contributed by atoms with van der Waals surface area (Å²) in [6.07, 6.45) is 0. The standard InChI is InChI=1S/C31H27F2I2NO8S/c1-30(2,3)44-29(39)25-23-18-10-6-4-8-16(18)22(17-9-5-7-11-19(17)23)24(25)27(37)36-26-20(34)12-15(13-21(26)35)28(38)43-14-31(32,33)45(40,41)42/h4-13,22-25H,14H2,1-3H3,(H,36,37)(H,40,41,42). The van der Waals surface area contributed by atoms with Crippen LogP contribution >= 0.6 is 45.2 Å². The highest BCUT2D eigenvalue weighted by molar-refractivity contribution is 14.1. The second kappa shape index (κ2) is 12.2. The van der Waals surface area contributed by atoms with Crippen LogP contribution in [0.2, 0.25) is 0 Å². The SMILES string of the molecule is CC(C)(C)OC(=O)C1C2c3ccccc3C(c3ccccc32)C1C(=O)Nc1c(I)cc(C(=O)OCC(F)(F)S(=O)(=O)O)cc1I. The Hall–Kier alpha value is -2.70. The van der Waals surface area contributed by atoms with Gasteiger partial charge in [-0.25, -0.2) is 4.79 Å². The molecule has 14 heteroatoms. The lowest BCUT2D eigenvalue weighted by Crippen LogP contribution is -2.50. The number of amides is 1. The minimum atomic E-state index is -5.78. The quantitative estimate of drug-likeness (QED) is 0.160. The van der Waals surface area contributed by atoms with E-state index in [1.165, 1.54) is 12.1 Å². The van der Waals surface area contributed by atoms with E-state index in [0.717, 1.165) is 22.3 Å². The van der Waals surface area contributed by atoms with Crippen LogP contribution in [0.4, 0.5) is 14.5 Å². The summed E-state index contributed by atoms with van der Waals surface area (Å²) in [5, 5.41) is -1.74. The molecule has 0 aliphatic heterocycles. The summed E-state index contributed by atoms with van der Waals surface area (Å²) in [7, 11) is -5.78. The Morgan fingerprint density at radius 2 is 1.31 bits per heavy atom. The second-order valence-corrected chi connectivity index (χ2v) is 15.7. The fourth-order valence-electron chi connectivity index (χ4n) is 5.97. The topological polar surface area (TPSA) is 136 Å². The van der Waals surface area contributed by atoms with Gasteiger partial charge >= 0.3 is 27.3 Å². The Bertz CT molecular complexity index is 1760. The number of esters is 2. The number of halogens is 4. The Kier molecular flexibility index (Phi) is 9.09. The fraction of sp³-hybridized carbons (Fsp3) is 0.323. The van der Waals surface area contributed by atoms with Gasteiger partial charge in [0, 0.05) is 19.0 Å². The molecule has 3 aromatic carbocycles. The Morgan fingerprint density at radius 1 is 0.867 bits per heavy atom. The predicted octanol–water partition coefficient (Wildman–Crippen LogP) is 6.34. The number of hydrogen-bond donors (Lipinski definition) is 2. The molecule has 45 heavy (non-hydrogen) atoms. The lowest BCUT2D eigenvalue weighted by Gasteiger charge is -2.49. The first-order chi connectivity index (χ1) is 20.9. The van der Waals surface area contributed by atoms with Crippen molar-refractivity contribution in [2.75, 3.05) is 11.9 Å². The zero-order valence-corrected chi connectivity index (χ0v) is 29.1. The molecule has 0 saturated heterocycles. The van der Waals surface area contributed by atoms with Crippen LogP contribution in [0.15, 0.2) is 60.7 Å². The maximum atomic E-state index is 14.3. The third-order valence-corrected chi connectivity index (χ3v) is 10.3. The number of carbonyl (C=O) groups is 3. The van der Waals surface area contributed by atoms with E-state index in [0.29, 0.717) is 12.8 Å². The highest BCUT2D eigenvalue weighted by atomic mass is 127. The highest BCUT2D eigenvalue weighted by Gasteiger charge is 2.56. The molecule has 1 amide bonds. The van der Waals surface area contributed by atoms with Gasteiger partial charge in [0.15, 0.2) is 6.61 Å². The van der Waals surface area contributed by atoms with Gasteiger partial charge in [0.1, 0.15) is 5.60 Å². The largest absolute Gasteiger partial charge is 0.460 e. The van der Waals surface area contributed by atoms with E-state index in [1.54, 1.807) is 20.8 Å². The van der Waals surface area contributed by atoms with Crippen molar-refractivity contribution < 1.29 is 45.6 Å². The minimum absolute atomic E-state index is 0.181. The van der Waals surface area contributed by atoms with Gasteiger partial charge in [-0.05, 0) is 100 Å². The van der Waals surface area contributed by atoms with Crippen LogP contribution in [0.3, 0.4) is 0 Å². The Balaban J connectivity index is 1.49. The average Bonchev–Trinajstić information content (AvgIpc) is 2.95. The van der Waals surface area contributed by atoms with Crippen molar-refractivity contribution in [3.63, 3.8) is 0 Å². The molecular weight excluding hydrogens is 838 g/mol. The molecule has 0 heterocycles. The molecule has 2 atom stereocenters. The normalized spacial score (nSPS) is 20.5. The number of fused-ring (bicyclic) bond motifs is 1. The maximum absolute atomic E-state index is 14.3. The molecule has 6 rings (SSSR count). The first-order valence-corrected chi connectivity index (χ1v) is 17.2. The average molecular weight is 865 g/mol. The van der Waals surface area contributed by atoms with Gasteiger partial charge in [-0.3, -0.25) is 14.1 Å². The molecule has 2 N–H and O–H groups in total. The molecule has 3 aliphatic carbocycles. The number of hydrogen-bond acceptors (Lipinski definition) is 7. The molecular formula is C31H27F2I2NO8S. The van der Waals surface area contributed by atoms with Gasteiger partial charge in [0.2, 0.25) is 5.91 Å². The van der Waals surface area contributed by atoms with Crippen LogP contribution in [-0.2, 0) is 29.2 Å². The van der Waals surface area contributed by atoms with Gasteiger partial charge in [0.25, 0.3) is 0 Å². The smallest absolute Gasteiger partial charge is 0.402 e. The van der Waals surface area contributed by atoms with Crippen molar-refractivity contribution in [3.05, 3.63) is 95.6 Å². The predicted molar refractivity (Wildman–Crippen MR) is 177 cm³/mol. The van der Waals surface area contributed by atoms with Gasteiger partial charge in [-0.15, -0.1) is 0 Å². The van der Waals surface area contributed by atoms with Gasteiger partial charge in [-0.1, -0.05) is 48.5 Å². The number of alkyl halides is 2. The van der Waals surface area contributed by atoms with Crippen LogP contribution in [0, 0.1) is 19.0 Å². The van der Waals surface area contributed by atoms with E-state index in [9.17, 15) is 31.6 Å². The van der Waals surface area contributed by atoms with Crippen LogP contribution < -0.4 is 5.32 Å². The summed E-state index contributed by atoms with van der Waals surface area (Å²) in [5.74, 6) is -4.76. The lowest BCUT2D eigenvalue weighted by atomic mass is 9.54. The van der Waals surface area contributed by atoms with Crippen LogP contribution in [0.25, 0.3) is 0 Å². The zero-order chi connectivity index (χ0) is 33.1. The molecule has 0 fully saturated rings. The van der Waals surface area contributed by atoms with Crippen LogP contribution in [0.5, 0.6) is 0 Å². The van der Waals surface area contributed by atoms with E-state index in [-0.39, 0.29) is 5.56 Å². The number of benzene rings is 3. The van der Waals surface area contributed by atoms with E-state index < -0.39 is 69.1 Å². The summed E-state index contributed by atoms with van der Waals surface area (Å²) >= 11 is 3.73. The van der Waals surface area contributed by atoms with Crippen molar-refractivity contribution in [3.8, 4) is 0 Å². The maximum Gasteiger partial charge on any atom is 0.402 e. The first kappa shape index (κ1) is 33.7. The van der Waals surface area contributed by atoms with Crippen molar-refractivity contribution >= 4 is 78.8 Å². The number of ether oxygens (including phenoxy) is 2. The monoisotopic (exact) mass is 865 g/mol. The number of carbonyl (C=O) groups excluding carboxylic acids is 3. The minimum Gasteiger partial charge on any atom is -0.460 e.